The van der Waals surface area contributed by atoms with Gasteiger partial charge in [-0.2, -0.15) is 5.10 Å². The van der Waals surface area contributed by atoms with Gasteiger partial charge in [0.05, 0.1) is 5.69 Å². The van der Waals surface area contributed by atoms with E-state index >= 15 is 0 Å². The average molecular weight is 245 g/mol. The van der Waals surface area contributed by atoms with Crippen molar-refractivity contribution < 1.29 is 9.90 Å². The lowest BCUT2D eigenvalue weighted by Gasteiger charge is -2.16. The first-order valence-corrected chi connectivity index (χ1v) is 5.40. The van der Waals surface area contributed by atoms with Crippen LogP contribution in [0.2, 0.25) is 0 Å². The maximum atomic E-state index is 11.0. The van der Waals surface area contributed by atoms with E-state index in [4.69, 9.17) is 5.11 Å². The van der Waals surface area contributed by atoms with Crippen LogP contribution in [0.15, 0.2) is 6.20 Å². The second-order valence-electron chi connectivity index (χ2n) is 4.40. The quantitative estimate of drug-likeness (QED) is 0.869. The van der Waals surface area contributed by atoms with Crippen molar-refractivity contribution in [3.63, 3.8) is 0 Å². The van der Waals surface area contributed by atoms with E-state index in [1.54, 1.807) is 0 Å². The molecule has 0 saturated heterocycles. The molecule has 1 aromatic heterocycles. The summed E-state index contributed by atoms with van der Waals surface area (Å²) in [5.74, 6) is -1.14. The van der Waals surface area contributed by atoms with Gasteiger partial charge in [0.25, 0.3) is 0 Å². The monoisotopic (exact) mass is 244 g/mol. The molecule has 1 aliphatic rings. The zero-order chi connectivity index (χ0) is 11.0. The van der Waals surface area contributed by atoms with E-state index in [0.717, 1.165) is 30.5 Å². The van der Waals surface area contributed by atoms with Gasteiger partial charge >= 0.3 is 5.97 Å². The van der Waals surface area contributed by atoms with Crippen LogP contribution in [0.4, 0.5) is 0 Å². The molecule has 0 fully saturated rings. The Morgan fingerprint density at radius 1 is 1.62 bits per heavy atom. The van der Waals surface area contributed by atoms with Gasteiger partial charge in [-0.1, -0.05) is 0 Å². The smallest absolute Gasteiger partial charge is 0.312 e. The molecule has 1 aliphatic carbocycles. The molecule has 90 valence electrons. The maximum absolute atomic E-state index is 11.0. The maximum Gasteiger partial charge on any atom is 0.312 e. The number of carboxylic acids is 1. The summed E-state index contributed by atoms with van der Waals surface area (Å²) in [5, 5.41) is 13.5. The Balaban J connectivity index is 0.00000128. The molecule has 1 heterocycles. The highest BCUT2D eigenvalue weighted by atomic mass is 35.5. The minimum Gasteiger partial charge on any atom is -0.481 e. The summed E-state index contributed by atoms with van der Waals surface area (Å²) in [5.41, 5.74) is 1.89. The molecule has 0 amide bonds. The summed E-state index contributed by atoms with van der Waals surface area (Å²) in [6.07, 6.45) is 4.63. The third-order valence-corrected chi connectivity index (χ3v) is 2.94. The lowest BCUT2D eigenvalue weighted by atomic mass is 9.88. The molecule has 5 heteroatoms. The van der Waals surface area contributed by atoms with Gasteiger partial charge in [0, 0.05) is 12.2 Å². The number of aryl methyl sites for hydroxylation is 1. The van der Waals surface area contributed by atoms with E-state index in [1.807, 2.05) is 24.7 Å². The van der Waals surface area contributed by atoms with Crippen LogP contribution >= 0.6 is 12.4 Å². The summed E-state index contributed by atoms with van der Waals surface area (Å²) >= 11 is 0. The van der Waals surface area contributed by atoms with Gasteiger partial charge in [0.1, 0.15) is 5.92 Å². The SMILES string of the molecule is CC(C)n1cc2c(n1)C(C(=O)O)CCC2.Cl. The summed E-state index contributed by atoms with van der Waals surface area (Å²) in [6.45, 7) is 4.10. The topological polar surface area (TPSA) is 55.1 Å². The van der Waals surface area contributed by atoms with Crippen LogP contribution in [0.3, 0.4) is 0 Å². The fourth-order valence-electron chi connectivity index (χ4n) is 2.07. The van der Waals surface area contributed by atoms with Crippen molar-refractivity contribution >= 4 is 18.4 Å². The van der Waals surface area contributed by atoms with Crippen molar-refractivity contribution in [1.82, 2.24) is 9.78 Å². The van der Waals surface area contributed by atoms with Crippen molar-refractivity contribution in [3.8, 4) is 0 Å². The van der Waals surface area contributed by atoms with Crippen LogP contribution in [0.5, 0.6) is 0 Å². The number of hydrogen-bond donors (Lipinski definition) is 1. The molecule has 0 spiro atoms. The van der Waals surface area contributed by atoms with Gasteiger partial charge in [-0.15, -0.1) is 12.4 Å². The van der Waals surface area contributed by atoms with Crippen LogP contribution in [0, 0.1) is 0 Å². The second-order valence-corrected chi connectivity index (χ2v) is 4.40. The van der Waals surface area contributed by atoms with Crippen LogP contribution in [0.25, 0.3) is 0 Å². The third kappa shape index (κ3) is 2.21. The number of nitrogens with zero attached hydrogens (tertiary/aromatic N) is 2. The number of aliphatic carboxylic acids is 1. The molecule has 0 saturated carbocycles. The van der Waals surface area contributed by atoms with Crippen molar-refractivity contribution in [2.75, 3.05) is 0 Å². The molecule has 16 heavy (non-hydrogen) atoms. The fourth-order valence-corrected chi connectivity index (χ4v) is 2.07. The van der Waals surface area contributed by atoms with Gasteiger partial charge in [-0.25, -0.2) is 0 Å². The van der Waals surface area contributed by atoms with Gasteiger partial charge in [0.2, 0.25) is 0 Å². The molecule has 4 nitrogen and oxygen atoms in total. The zero-order valence-electron chi connectivity index (χ0n) is 9.51. The van der Waals surface area contributed by atoms with E-state index in [1.165, 1.54) is 0 Å². The van der Waals surface area contributed by atoms with Gasteiger partial charge in [0.15, 0.2) is 0 Å². The van der Waals surface area contributed by atoms with Crippen molar-refractivity contribution in [2.24, 2.45) is 0 Å². The second kappa shape index (κ2) is 4.87. The largest absolute Gasteiger partial charge is 0.481 e. The molecule has 0 aromatic carbocycles. The Hall–Kier alpha value is -1.03. The minimum atomic E-state index is -0.745. The first kappa shape index (κ1) is 13.0. The first-order chi connectivity index (χ1) is 7.09. The lowest BCUT2D eigenvalue weighted by Crippen LogP contribution is -2.17. The standard InChI is InChI=1S/C11H16N2O2.ClH/c1-7(2)13-6-8-4-3-5-9(11(14)15)10(8)12-13;/h6-7,9H,3-5H2,1-2H3,(H,14,15);1H. The van der Waals surface area contributed by atoms with E-state index < -0.39 is 11.9 Å². The molecule has 1 atom stereocenters. The number of carbonyl (C=O) groups is 1. The number of carboxylic acid groups (broad SMARTS) is 1. The summed E-state index contributed by atoms with van der Waals surface area (Å²) < 4.78 is 1.87. The third-order valence-electron chi connectivity index (χ3n) is 2.94. The predicted molar refractivity (Wildman–Crippen MR) is 63.2 cm³/mol. The van der Waals surface area contributed by atoms with E-state index in [2.05, 4.69) is 5.10 Å². The van der Waals surface area contributed by atoms with E-state index in [0.29, 0.717) is 6.04 Å². The van der Waals surface area contributed by atoms with E-state index in [9.17, 15) is 4.79 Å². The Morgan fingerprint density at radius 3 is 2.88 bits per heavy atom. The molecule has 2 rings (SSSR count). The van der Waals surface area contributed by atoms with Crippen LogP contribution in [0.1, 0.15) is 49.9 Å². The van der Waals surface area contributed by atoms with Gasteiger partial charge in [-0.3, -0.25) is 9.48 Å². The molecule has 0 bridgehead atoms. The number of aromatic nitrogens is 2. The summed E-state index contributed by atoms with van der Waals surface area (Å²) in [7, 11) is 0. The number of halogens is 1. The molecule has 0 radical (unpaired) electrons. The molecule has 1 unspecified atom stereocenters. The molecule has 1 N–H and O–H groups in total. The normalized spacial score (nSPS) is 19.1. The van der Waals surface area contributed by atoms with Crippen LogP contribution < -0.4 is 0 Å². The highest BCUT2D eigenvalue weighted by Gasteiger charge is 2.29. The number of fused-ring (bicyclic) bond motifs is 1. The Labute approximate surface area is 101 Å². The van der Waals surface area contributed by atoms with Crippen molar-refractivity contribution in [1.29, 1.82) is 0 Å². The molecular weight excluding hydrogens is 228 g/mol. The van der Waals surface area contributed by atoms with Crippen molar-refractivity contribution in [2.45, 2.75) is 45.1 Å². The highest BCUT2D eigenvalue weighted by Crippen LogP contribution is 2.31. The van der Waals surface area contributed by atoms with E-state index in [-0.39, 0.29) is 12.4 Å². The molecular formula is C11H17ClN2O2. The summed E-state index contributed by atoms with van der Waals surface area (Å²) in [4.78, 5) is 11.0. The van der Waals surface area contributed by atoms with Gasteiger partial charge in [-0.05, 0) is 38.7 Å². The summed E-state index contributed by atoms with van der Waals surface area (Å²) in [6, 6.07) is 0.296. The average Bonchev–Trinajstić information content (AvgIpc) is 2.60. The molecule has 1 aromatic rings. The highest BCUT2D eigenvalue weighted by molar-refractivity contribution is 5.85. The van der Waals surface area contributed by atoms with Crippen molar-refractivity contribution in [3.05, 3.63) is 17.5 Å². The fraction of sp³-hybridized carbons (Fsp3) is 0.636. The van der Waals surface area contributed by atoms with Gasteiger partial charge < -0.3 is 5.11 Å². The molecule has 0 aliphatic heterocycles. The number of hydrogen-bond acceptors (Lipinski definition) is 2. The Bertz CT molecular complexity index is 387. The lowest BCUT2D eigenvalue weighted by molar-refractivity contribution is -0.139. The Morgan fingerprint density at radius 2 is 2.31 bits per heavy atom. The zero-order valence-corrected chi connectivity index (χ0v) is 10.3. The Kier molecular flexibility index (Phi) is 3.97. The first-order valence-electron chi connectivity index (χ1n) is 5.40. The van der Waals surface area contributed by atoms with Crippen LogP contribution in [-0.2, 0) is 11.2 Å². The van der Waals surface area contributed by atoms with Crippen LogP contribution in [-0.4, -0.2) is 20.9 Å². The minimum absolute atomic E-state index is 0. The number of rotatable bonds is 2. The predicted octanol–water partition coefficient (Wildman–Crippen LogP) is 2.39.